The predicted molar refractivity (Wildman–Crippen MR) is 76.0 cm³/mol. The van der Waals surface area contributed by atoms with Crippen molar-refractivity contribution in [3.05, 3.63) is 0 Å². The van der Waals surface area contributed by atoms with Crippen LogP contribution in [0.3, 0.4) is 0 Å². The molecular formula is C15H24N2O4. The van der Waals surface area contributed by atoms with Gasteiger partial charge < -0.3 is 20.1 Å². The summed E-state index contributed by atoms with van der Waals surface area (Å²) in [5.74, 6) is -0.782. The van der Waals surface area contributed by atoms with Gasteiger partial charge in [0.25, 0.3) is 0 Å². The lowest BCUT2D eigenvalue weighted by atomic mass is 9.82. The number of amides is 2. The minimum absolute atomic E-state index is 0.0986. The average Bonchev–Trinajstić information content (AvgIpc) is 2.97. The molecule has 2 heterocycles. The zero-order valence-corrected chi connectivity index (χ0v) is 12.3. The topological polar surface area (TPSA) is 78.9 Å². The number of carbonyl (C=O) groups is 2. The molecule has 21 heavy (non-hydrogen) atoms. The SMILES string of the molecule is O=C(O)C1CCCN(C(=O)NC2CCCC3OCCC23)C1. The van der Waals surface area contributed by atoms with Crippen LogP contribution in [0.4, 0.5) is 4.79 Å². The molecule has 1 saturated carbocycles. The molecule has 2 saturated heterocycles. The summed E-state index contributed by atoms with van der Waals surface area (Å²) in [6.07, 6.45) is 5.95. The molecule has 6 nitrogen and oxygen atoms in total. The average molecular weight is 296 g/mol. The summed E-state index contributed by atoms with van der Waals surface area (Å²) < 4.78 is 5.72. The molecule has 0 bridgehead atoms. The highest BCUT2D eigenvalue weighted by molar-refractivity contribution is 5.76. The van der Waals surface area contributed by atoms with Crippen LogP contribution in [0.25, 0.3) is 0 Å². The van der Waals surface area contributed by atoms with Gasteiger partial charge >= 0.3 is 12.0 Å². The van der Waals surface area contributed by atoms with Crippen LogP contribution in [0, 0.1) is 11.8 Å². The number of carboxylic acids is 1. The molecule has 2 aliphatic heterocycles. The summed E-state index contributed by atoms with van der Waals surface area (Å²) in [5, 5.41) is 12.2. The van der Waals surface area contributed by atoms with Gasteiger partial charge in [0.1, 0.15) is 0 Å². The lowest BCUT2D eigenvalue weighted by Gasteiger charge is -2.36. The quantitative estimate of drug-likeness (QED) is 0.808. The molecule has 0 aromatic rings. The second-order valence-electron chi connectivity index (χ2n) is 6.47. The second kappa shape index (κ2) is 6.22. The van der Waals surface area contributed by atoms with Gasteiger partial charge in [-0.15, -0.1) is 0 Å². The summed E-state index contributed by atoms with van der Waals surface area (Å²) in [6, 6.07) is 0.0856. The molecular weight excluding hydrogens is 272 g/mol. The van der Waals surface area contributed by atoms with Crippen molar-refractivity contribution in [1.82, 2.24) is 10.2 Å². The number of rotatable bonds is 2. The van der Waals surface area contributed by atoms with Gasteiger partial charge in [-0.3, -0.25) is 4.79 Å². The van der Waals surface area contributed by atoms with Crippen molar-refractivity contribution in [3.8, 4) is 0 Å². The number of hydrogen-bond donors (Lipinski definition) is 2. The molecule has 3 aliphatic rings. The number of carboxylic acid groups (broad SMARTS) is 1. The highest BCUT2D eigenvalue weighted by Crippen LogP contribution is 2.34. The first-order valence-electron chi connectivity index (χ1n) is 8.05. The van der Waals surface area contributed by atoms with E-state index in [-0.39, 0.29) is 12.1 Å². The highest BCUT2D eigenvalue weighted by atomic mass is 16.5. The Morgan fingerprint density at radius 1 is 1.14 bits per heavy atom. The van der Waals surface area contributed by atoms with Crippen molar-refractivity contribution in [3.63, 3.8) is 0 Å². The van der Waals surface area contributed by atoms with E-state index in [1.165, 1.54) is 0 Å². The third-order valence-electron chi connectivity index (χ3n) is 5.15. The van der Waals surface area contributed by atoms with Crippen LogP contribution < -0.4 is 5.32 Å². The fraction of sp³-hybridized carbons (Fsp3) is 0.867. The molecule has 3 rings (SSSR count). The molecule has 6 heteroatoms. The normalized spacial score (nSPS) is 36.1. The number of likely N-dealkylation sites (tertiary alicyclic amines) is 1. The lowest BCUT2D eigenvalue weighted by Crippen LogP contribution is -2.53. The van der Waals surface area contributed by atoms with Gasteiger partial charge in [0.2, 0.25) is 0 Å². The van der Waals surface area contributed by atoms with Crippen molar-refractivity contribution < 1.29 is 19.4 Å². The van der Waals surface area contributed by atoms with Crippen LogP contribution in [0.15, 0.2) is 0 Å². The number of piperidine rings is 1. The number of urea groups is 1. The van der Waals surface area contributed by atoms with Crippen LogP contribution in [-0.4, -0.2) is 53.8 Å². The number of nitrogens with one attached hydrogen (secondary N) is 1. The van der Waals surface area contributed by atoms with Gasteiger partial charge in [0, 0.05) is 31.7 Å². The lowest BCUT2D eigenvalue weighted by molar-refractivity contribution is -0.143. The van der Waals surface area contributed by atoms with Crippen LogP contribution in [0.5, 0.6) is 0 Å². The first-order chi connectivity index (χ1) is 10.1. The molecule has 0 aromatic heterocycles. The van der Waals surface area contributed by atoms with Gasteiger partial charge in [0.05, 0.1) is 12.0 Å². The van der Waals surface area contributed by atoms with Gasteiger partial charge in [0.15, 0.2) is 0 Å². The van der Waals surface area contributed by atoms with Crippen LogP contribution in [0.2, 0.25) is 0 Å². The maximum atomic E-state index is 12.4. The zero-order chi connectivity index (χ0) is 14.8. The number of hydrogen-bond acceptors (Lipinski definition) is 3. The predicted octanol–water partition coefficient (Wildman–Crippen LogP) is 1.45. The van der Waals surface area contributed by atoms with E-state index in [2.05, 4.69) is 5.32 Å². The molecule has 0 spiro atoms. The highest BCUT2D eigenvalue weighted by Gasteiger charge is 2.39. The molecule has 118 valence electrons. The Hall–Kier alpha value is -1.30. The van der Waals surface area contributed by atoms with E-state index in [0.717, 1.165) is 38.7 Å². The van der Waals surface area contributed by atoms with Crippen molar-refractivity contribution in [1.29, 1.82) is 0 Å². The minimum atomic E-state index is -0.797. The van der Waals surface area contributed by atoms with E-state index >= 15 is 0 Å². The number of fused-ring (bicyclic) bond motifs is 1. The smallest absolute Gasteiger partial charge is 0.317 e. The summed E-state index contributed by atoms with van der Waals surface area (Å²) in [6.45, 7) is 1.79. The Labute approximate surface area is 124 Å². The van der Waals surface area contributed by atoms with Crippen LogP contribution >= 0.6 is 0 Å². The Bertz CT molecular complexity index is 414. The molecule has 4 unspecified atom stereocenters. The van der Waals surface area contributed by atoms with Gasteiger partial charge in [-0.1, -0.05) is 0 Å². The van der Waals surface area contributed by atoms with Crippen molar-refractivity contribution in [2.24, 2.45) is 11.8 Å². The van der Waals surface area contributed by atoms with E-state index < -0.39 is 11.9 Å². The summed E-state index contributed by atoms with van der Waals surface area (Å²) >= 11 is 0. The Morgan fingerprint density at radius 3 is 2.81 bits per heavy atom. The van der Waals surface area contributed by atoms with Crippen LogP contribution in [-0.2, 0) is 9.53 Å². The Kier molecular flexibility index (Phi) is 4.33. The fourth-order valence-electron chi connectivity index (χ4n) is 3.97. The maximum Gasteiger partial charge on any atom is 0.317 e. The van der Waals surface area contributed by atoms with Crippen molar-refractivity contribution >= 4 is 12.0 Å². The van der Waals surface area contributed by atoms with E-state index in [4.69, 9.17) is 9.84 Å². The maximum absolute atomic E-state index is 12.4. The number of ether oxygens (including phenoxy) is 1. The Morgan fingerprint density at radius 2 is 2.00 bits per heavy atom. The molecule has 2 amide bonds. The van der Waals surface area contributed by atoms with Crippen molar-refractivity contribution in [2.45, 2.75) is 50.7 Å². The number of carbonyl (C=O) groups excluding carboxylic acids is 1. The third kappa shape index (κ3) is 3.15. The van der Waals surface area contributed by atoms with E-state index in [1.807, 2.05) is 0 Å². The van der Waals surface area contributed by atoms with Crippen molar-refractivity contribution in [2.75, 3.05) is 19.7 Å². The fourth-order valence-corrected chi connectivity index (χ4v) is 3.97. The Balaban J connectivity index is 1.56. The van der Waals surface area contributed by atoms with Gasteiger partial charge in [-0.05, 0) is 38.5 Å². The zero-order valence-electron chi connectivity index (χ0n) is 12.3. The molecule has 1 aliphatic carbocycles. The molecule has 0 radical (unpaired) electrons. The molecule has 4 atom stereocenters. The standard InChI is InChI=1S/C15H24N2O4/c18-14(19)10-3-2-7-17(9-10)15(20)16-12-4-1-5-13-11(12)6-8-21-13/h10-13H,1-9H2,(H,16,20)(H,18,19). The van der Waals surface area contributed by atoms with Gasteiger partial charge in [-0.25, -0.2) is 4.79 Å². The monoisotopic (exact) mass is 296 g/mol. The summed E-state index contributed by atoms with van der Waals surface area (Å²) in [7, 11) is 0. The van der Waals surface area contributed by atoms with E-state index in [0.29, 0.717) is 31.5 Å². The minimum Gasteiger partial charge on any atom is -0.481 e. The first kappa shape index (κ1) is 14.6. The van der Waals surface area contributed by atoms with Gasteiger partial charge in [-0.2, -0.15) is 0 Å². The molecule has 0 aromatic carbocycles. The molecule has 3 fully saturated rings. The second-order valence-corrected chi connectivity index (χ2v) is 6.47. The molecule has 2 N–H and O–H groups in total. The summed E-state index contributed by atoms with van der Waals surface area (Å²) in [4.78, 5) is 25.2. The number of aliphatic carboxylic acids is 1. The van der Waals surface area contributed by atoms with E-state index in [9.17, 15) is 9.59 Å². The summed E-state index contributed by atoms with van der Waals surface area (Å²) in [5.41, 5.74) is 0. The third-order valence-corrected chi connectivity index (χ3v) is 5.15. The first-order valence-corrected chi connectivity index (χ1v) is 8.05. The largest absolute Gasteiger partial charge is 0.481 e. The van der Waals surface area contributed by atoms with Crippen LogP contribution in [0.1, 0.15) is 38.5 Å². The van der Waals surface area contributed by atoms with E-state index in [1.54, 1.807) is 4.90 Å². The number of nitrogens with zero attached hydrogens (tertiary/aromatic N) is 1.